The lowest BCUT2D eigenvalue weighted by molar-refractivity contribution is 0.295. The molecule has 1 atom stereocenters. The summed E-state index contributed by atoms with van der Waals surface area (Å²) in [7, 11) is 0. The van der Waals surface area contributed by atoms with Crippen molar-refractivity contribution in [2.75, 3.05) is 30.7 Å². The zero-order valence-corrected chi connectivity index (χ0v) is 12.6. The molecular weight excluding hydrogens is 238 g/mol. The summed E-state index contributed by atoms with van der Waals surface area (Å²) in [6.07, 6.45) is 3.82. The van der Waals surface area contributed by atoms with Crippen molar-refractivity contribution >= 4 is 11.6 Å². The number of hydrogen-bond acceptors (Lipinski definition) is 5. The number of aromatic nitrogens is 2. The largest absolute Gasteiger partial charge is 0.383 e. The first-order valence-electron chi connectivity index (χ1n) is 7.14. The van der Waals surface area contributed by atoms with Crippen LogP contribution < -0.4 is 11.1 Å². The SMILES string of the molecule is CCN(CC)CCCC(C)Nc1ncnc(N)c1C. The summed E-state index contributed by atoms with van der Waals surface area (Å²) in [4.78, 5) is 10.7. The second-order valence-corrected chi connectivity index (χ2v) is 4.95. The maximum Gasteiger partial charge on any atom is 0.134 e. The predicted molar refractivity (Wildman–Crippen MR) is 81.3 cm³/mol. The number of hydrogen-bond donors (Lipinski definition) is 2. The lowest BCUT2D eigenvalue weighted by Gasteiger charge is -2.20. The third-order valence-corrected chi connectivity index (χ3v) is 3.51. The topological polar surface area (TPSA) is 67.1 Å². The normalized spacial score (nSPS) is 12.7. The molecule has 0 bridgehead atoms. The molecule has 0 spiro atoms. The summed E-state index contributed by atoms with van der Waals surface area (Å²) in [6, 6.07) is 0.392. The monoisotopic (exact) mass is 265 g/mol. The number of nitrogens with one attached hydrogen (secondary N) is 1. The Hall–Kier alpha value is -1.36. The van der Waals surface area contributed by atoms with Gasteiger partial charge in [0.05, 0.1) is 0 Å². The van der Waals surface area contributed by atoms with Crippen LogP contribution in [-0.2, 0) is 0 Å². The van der Waals surface area contributed by atoms with E-state index >= 15 is 0 Å². The van der Waals surface area contributed by atoms with Gasteiger partial charge < -0.3 is 16.0 Å². The van der Waals surface area contributed by atoms with Crippen LogP contribution in [0.25, 0.3) is 0 Å². The molecule has 19 heavy (non-hydrogen) atoms. The quantitative estimate of drug-likeness (QED) is 0.755. The van der Waals surface area contributed by atoms with E-state index in [2.05, 4.69) is 41.0 Å². The average Bonchev–Trinajstić information content (AvgIpc) is 2.40. The minimum absolute atomic E-state index is 0.392. The predicted octanol–water partition coefficient (Wildman–Crippen LogP) is 2.29. The summed E-state index contributed by atoms with van der Waals surface area (Å²) in [5.41, 5.74) is 6.70. The van der Waals surface area contributed by atoms with Crippen molar-refractivity contribution in [1.82, 2.24) is 14.9 Å². The molecule has 108 valence electrons. The van der Waals surface area contributed by atoms with E-state index in [0.717, 1.165) is 37.4 Å². The first-order valence-corrected chi connectivity index (χ1v) is 7.14. The number of nitrogen functional groups attached to an aromatic ring is 1. The fourth-order valence-electron chi connectivity index (χ4n) is 2.08. The third kappa shape index (κ3) is 5.03. The zero-order valence-electron chi connectivity index (χ0n) is 12.6. The molecule has 1 heterocycles. The maximum absolute atomic E-state index is 5.77. The van der Waals surface area contributed by atoms with Gasteiger partial charge in [-0.3, -0.25) is 0 Å². The van der Waals surface area contributed by atoms with Crippen LogP contribution in [0.2, 0.25) is 0 Å². The molecule has 0 aromatic carbocycles. The molecule has 5 heteroatoms. The van der Waals surface area contributed by atoms with Crippen LogP contribution in [0.4, 0.5) is 11.6 Å². The first-order chi connectivity index (χ1) is 9.08. The van der Waals surface area contributed by atoms with Gasteiger partial charge in [0.2, 0.25) is 0 Å². The molecular formula is C14H27N5. The number of nitrogens with two attached hydrogens (primary N) is 1. The van der Waals surface area contributed by atoms with Gasteiger partial charge in [0.15, 0.2) is 0 Å². The summed E-state index contributed by atoms with van der Waals surface area (Å²) in [6.45, 7) is 11.9. The van der Waals surface area contributed by atoms with Crippen molar-refractivity contribution in [2.45, 2.75) is 46.6 Å². The Balaban J connectivity index is 2.39. The highest BCUT2D eigenvalue weighted by molar-refractivity contribution is 5.54. The van der Waals surface area contributed by atoms with Gasteiger partial charge in [-0.1, -0.05) is 13.8 Å². The molecule has 3 N–H and O–H groups in total. The highest BCUT2D eigenvalue weighted by Gasteiger charge is 2.08. The fourth-order valence-corrected chi connectivity index (χ4v) is 2.08. The molecule has 5 nitrogen and oxygen atoms in total. The molecule has 0 aliphatic rings. The van der Waals surface area contributed by atoms with Crippen molar-refractivity contribution in [2.24, 2.45) is 0 Å². The number of anilines is 2. The second-order valence-electron chi connectivity index (χ2n) is 4.95. The first kappa shape index (κ1) is 15.7. The van der Waals surface area contributed by atoms with E-state index in [1.165, 1.54) is 12.7 Å². The number of rotatable bonds is 8. The van der Waals surface area contributed by atoms with E-state index < -0.39 is 0 Å². The van der Waals surface area contributed by atoms with Gasteiger partial charge in [0.1, 0.15) is 18.0 Å². The fraction of sp³-hybridized carbons (Fsp3) is 0.714. The number of nitrogens with zero attached hydrogens (tertiary/aromatic N) is 3. The molecule has 0 saturated carbocycles. The van der Waals surface area contributed by atoms with Crippen LogP contribution in [-0.4, -0.2) is 40.5 Å². The van der Waals surface area contributed by atoms with E-state index in [1.807, 2.05) is 6.92 Å². The Morgan fingerprint density at radius 3 is 2.63 bits per heavy atom. The minimum atomic E-state index is 0.392. The van der Waals surface area contributed by atoms with E-state index in [9.17, 15) is 0 Å². The van der Waals surface area contributed by atoms with Crippen molar-refractivity contribution in [3.05, 3.63) is 11.9 Å². The Bertz CT molecular complexity index is 376. The summed E-state index contributed by atoms with van der Waals surface area (Å²) >= 11 is 0. The van der Waals surface area contributed by atoms with Gasteiger partial charge in [-0.2, -0.15) is 0 Å². The van der Waals surface area contributed by atoms with E-state index in [1.54, 1.807) is 0 Å². The molecule has 0 amide bonds. The van der Waals surface area contributed by atoms with Gasteiger partial charge in [0, 0.05) is 11.6 Å². The van der Waals surface area contributed by atoms with Gasteiger partial charge >= 0.3 is 0 Å². The van der Waals surface area contributed by atoms with Gasteiger partial charge in [-0.25, -0.2) is 9.97 Å². The molecule has 1 rings (SSSR count). The van der Waals surface area contributed by atoms with E-state index in [0.29, 0.717) is 11.9 Å². The van der Waals surface area contributed by atoms with Crippen molar-refractivity contribution in [1.29, 1.82) is 0 Å². The Morgan fingerprint density at radius 1 is 1.32 bits per heavy atom. The van der Waals surface area contributed by atoms with Crippen molar-refractivity contribution in [3.63, 3.8) is 0 Å². The van der Waals surface area contributed by atoms with Crippen LogP contribution in [0.5, 0.6) is 0 Å². The molecule has 1 unspecified atom stereocenters. The van der Waals surface area contributed by atoms with Gasteiger partial charge in [0.25, 0.3) is 0 Å². The molecule has 1 aromatic heterocycles. The smallest absolute Gasteiger partial charge is 0.134 e. The van der Waals surface area contributed by atoms with Crippen LogP contribution in [0, 0.1) is 6.92 Å². The minimum Gasteiger partial charge on any atom is -0.383 e. The summed E-state index contributed by atoms with van der Waals surface area (Å²) in [5.74, 6) is 1.40. The molecule has 0 aliphatic heterocycles. The Kier molecular flexibility index (Phi) is 6.56. The van der Waals surface area contributed by atoms with Crippen LogP contribution in [0.3, 0.4) is 0 Å². The zero-order chi connectivity index (χ0) is 14.3. The maximum atomic E-state index is 5.77. The Labute approximate surface area is 116 Å². The van der Waals surface area contributed by atoms with Gasteiger partial charge in [-0.15, -0.1) is 0 Å². The van der Waals surface area contributed by atoms with E-state index in [4.69, 9.17) is 5.73 Å². The second kappa shape index (κ2) is 7.94. The van der Waals surface area contributed by atoms with Gasteiger partial charge in [-0.05, 0) is 46.3 Å². The van der Waals surface area contributed by atoms with Crippen molar-refractivity contribution < 1.29 is 0 Å². The highest BCUT2D eigenvalue weighted by Crippen LogP contribution is 2.16. The van der Waals surface area contributed by atoms with E-state index in [-0.39, 0.29) is 0 Å². The molecule has 0 saturated heterocycles. The molecule has 1 aromatic rings. The third-order valence-electron chi connectivity index (χ3n) is 3.51. The van der Waals surface area contributed by atoms with Crippen LogP contribution >= 0.6 is 0 Å². The Morgan fingerprint density at radius 2 is 2.00 bits per heavy atom. The lowest BCUT2D eigenvalue weighted by Crippen LogP contribution is -2.26. The van der Waals surface area contributed by atoms with Crippen LogP contribution in [0.1, 0.15) is 39.2 Å². The summed E-state index contributed by atoms with van der Waals surface area (Å²) < 4.78 is 0. The molecule has 0 fully saturated rings. The summed E-state index contributed by atoms with van der Waals surface area (Å²) in [5, 5.41) is 3.41. The standard InChI is InChI=1S/C14H27N5/c1-5-19(6-2)9-7-8-11(3)18-14-12(4)13(15)16-10-17-14/h10-11H,5-9H2,1-4H3,(H3,15,16,17,18). The molecule has 0 radical (unpaired) electrons. The van der Waals surface area contributed by atoms with Crippen molar-refractivity contribution in [3.8, 4) is 0 Å². The average molecular weight is 265 g/mol. The lowest BCUT2D eigenvalue weighted by atomic mass is 10.1. The molecule has 0 aliphatic carbocycles. The highest BCUT2D eigenvalue weighted by atomic mass is 15.1. The van der Waals surface area contributed by atoms with Crippen LogP contribution in [0.15, 0.2) is 6.33 Å².